The van der Waals surface area contributed by atoms with Gasteiger partial charge in [-0.15, -0.1) is 0 Å². The van der Waals surface area contributed by atoms with Crippen molar-refractivity contribution in [3.8, 4) is 0 Å². The maximum absolute atomic E-state index is 12.0. The van der Waals surface area contributed by atoms with Gasteiger partial charge in [0, 0.05) is 28.3 Å². The van der Waals surface area contributed by atoms with Gasteiger partial charge in [0.2, 0.25) is 0 Å². The van der Waals surface area contributed by atoms with E-state index in [1.807, 2.05) is 0 Å². The topological polar surface area (TPSA) is 114 Å². The number of amides is 1. The van der Waals surface area contributed by atoms with Crippen LogP contribution in [0.25, 0.3) is 0 Å². The molecule has 0 aromatic heterocycles. The number of nitrogens with zero attached hydrogens (tertiary/aromatic N) is 3. The van der Waals surface area contributed by atoms with Crippen molar-refractivity contribution < 1.29 is 9.72 Å². The van der Waals surface area contributed by atoms with Crippen LogP contribution >= 0.6 is 11.6 Å². The Morgan fingerprint density at radius 3 is 2.54 bits per heavy atom. The molecule has 0 saturated carbocycles. The molecule has 0 bridgehead atoms. The lowest BCUT2D eigenvalue weighted by atomic mass is 10.1. The van der Waals surface area contributed by atoms with Crippen LogP contribution in [-0.2, 0) is 0 Å². The average molecular weight is 347 g/mol. The Morgan fingerprint density at radius 1 is 1.17 bits per heavy atom. The number of hydrogen-bond acceptors (Lipinski definition) is 6. The van der Waals surface area contributed by atoms with Crippen LogP contribution in [0.5, 0.6) is 0 Å². The second-order valence-corrected chi connectivity index (χ2v) is 5.04. The summed E-state index contributed by atoms with van der Waals surface area (Å²) in [6.07, 6.45) is 0. The van der Waals surface area contributed by atoms with E-state index in [1.165, 1.54) is 30.3 Å². The number of carbonyl (C=O) groups excluding carboxylic acids is 1. The molecular formula is C15H11ClN4O4. The fourth-order valence-electron chi connectivity index (χ4n) is 1.86. The number of hydrazone groups is 1. The summed E-state index contributed by atoms with van der Waals surface area (Å²) in [7, 11) is 0. The molecule has 0 heterocycles. The average Bonchev–Trinajstić information content (AvgIpc) is 2.58. The van der Waals surface area contributed by atoms with E-state index in [2.05, 4.69) is 15.7 Å². The Bertz CT molecular complexity index is 823. The second-order valence-electron chi connectivity index (χ2n) is 4.60. The fraction of sp³-hybridized carbons (Fsp3) is 0.0667. The van der Waals surface area contributed by atoms with Crippen molar-refractivity contribution in [2.75, 3.05) is 6.54 Å². The van der Waals surface area contributed by atoms with Crippen molar-refractivity contribution in [3.05, 3.63) is 79.7 Å². The van der Waals surface area contributed by atoms with Gasteiger partial charge in [-0.3, -0.25) is 14.9 Å². The van der Waals surface area contributed by atoms with E-state index in [0.717, 1.165) is 0 Å². The molecule has 0 fully saturated rings. The molecule has 24 heavy (non-hydrogen) atoms. The minimum Gasteiger partial charge on any atom is -0.267 e. The van der Waals surface area contributed by atoms with Gasteiger partial charge >= 0.3 is 0 Å². The summed E-state index contributed by atoms with van der Waals surface area (Å²) in [6.45, 7) is -0.350. The summed E-state index contributed by atoms with van der Waals surface area (Å²) >= 11 is 5.81. The summed E-state index contributed by atoms with van der Waals surface area (Å²) in [5.74, 6) is -0.536. The van der Waals surface area contributed by atoms with Crippen LogP contribution in [0, 0.1) is 15.0 Å². The number of hydrogen-bond donors (Lipinski definition) is 1. The third kappa shape index (κ3) is 4.43. The summed E-state index contributed by atoms with van der Waals surface area (Å²) in [6, 6.07) is 11.8. The van der Waals surface area contributed by atoms with E-state index in [4.69, 9.17) is 11.6 Å². The number of nitrogens with one attached hydrogen (secondary N) is 1. The number of nitro benzene ring substituents is 1. The molecular weight excluding hydrogens is 336 g/mol. The number of rotatable bonds is 6. The van der Waals surface area contributed by atoms with Gasteiger partial charge < -0.3 is 0 Å². The number of benzene rings is 2. The molecule has 2 aromatic carbocycles. The monoisotopic (exact) mass is 346 g/mol. The number of nitroso groups, excluding NO2 is 1. The SMILES string of the molecule is O=NCC(=NNC(=O)c1cccc(Cl)c1)c1cccc([N+](=O)[O-])c1. The number of non-ortho nitro benzene ring substituents is 1. The summed E-state index contributed by atoms with van der Waals surface area (Å²) in [5.41, 5.74) is 2.82. The third-order valence-electron chi connectivity index (χ3n) is 2.98. The summed E-state index contributed by atoms with van der Waals surface area (Å²) in [4.78, 5) is 32.8. The van der Waals surface area contributed by atoms with Crippen LogP contribution in [0.3, 0.4) is 0 Å². The predicted molar refractivity (Wildman–Crippen MR) is 89.2 cm³/mol. The highest BCUT2D eigenvalue weighted by Gasteiger charge is 2.12. The molecule has 122 valence electrons. The summed E-state index contributed by atoms with van der Waals surface area (Å²) in [5, 5.41) is 17.8. The quantitative estimate of drug-likeness (QED) is 0.374. The maximum atomic E-state index is 12.0. The molecule has 2 rings (SSSR count). The Balaban J connectivity index is 2.25. The van der Waals surface area contributed by atoms with Gasteiger partial charge in [-0.1, -0.05) is 35.0 Å². The molecule has 1 amide bonds. The lowest BCUT2D eigenvalue weighted by Gasteiger charge is -2.05. The fourth-order valence-corrected chi connectivity index (χ4v) is 2.05. The van der Waals surface area contributed by atoms with E-state index >= 15 is 0 Å². The van der Waals surface area contributed by atoms with Gasteiger partial charge in [0.15, 0.2) is 0 Å². The van der Waals surface area contributed by atoms with Crippen LogP contribution < -0.4 is 5.43 Å². The van der Waals surface area contributed by atoms with Crippen molar-refractivity contribution in [1.29, 1.82) is 0 Å². The van der Waals surface area contributed by atoms with E-state index in [1.54, 1.807) is 18.2 Å². The molecule has 0 unspecified atom stereocenters. The van der Waals surface area contributed by atoms with Crippen LogP contribution in [-0.4, -0.2) is 23.1 Å². The van der Waals surface area contributed by atoms with Gasteiger partial charge in [0.25, 0.3) is 11.6 Å². The van der Waals surface area contributed by atoms with Crippen LogP contribution in [0.1, 0.15) is 15.9 Å². The van der Waals surface area contributed by atoms with Crippen molar-refractivity contribution in [1.82, 2.24) is 5.43 Å². The summed E-state index contributed by atoms with van der Waals surface area (Å²) < 4.78 is 0. The zero-order valence-corrected chi connectivity index (χ0v) is 12.9. The molecule has 0 aliphatic carbocycles. The van der Waals surface area contributed by atoms with Gasteiger partial charge in [0.1, 0.15) is 6.54 Å². The molecule has 0 aliphatic heterocycles. The zero-order valence-electron chi connectivity index (χ0n) is 12.2. The molecule has 0 radical (unpaired) electrons. The highest BCUT2D eigenvalue weighted by molar-refractivity contribution is 6.30. The van der Waals surface area contributed by atoms with Crippen molar-refractivity contribution in [3.63, 3.8) is 0 Å². The zero-order chi connectivity index (χ0) is 17.5. The van der Waals surface area contributed by atoms with Gasteiger partial charge in [0.05, 0.1) is 10.6 Å². The van der Waals surface area contributed by atoms with Crippen molar-refractivity contribution in [2.45, 2.75) is 0 Å². The first-order chi connectivity index (χ1) is 11.5. The van der Waals surface area contributed by atoms with Crippen LogP contribution in [0.15, 0.2) is 58.8 Å². The van der Waals surface area contributed by atoms with Crippen molar-refractivity contribution >= 4 is 28.9 Å². The highest BCUT2D eigenvalue weighted by Crippen LogP contribution is 2.14. The Labute approximate surface area is 141 Å². The Morgan fingerprint density at radius 2 is 1.88 bits per heavy atom. The van der Waals surface area contributed by atoms with Gasteiger partial charge in [-0.2, -0.15) is 10.0 Å². The molecule has 2 aromatic rings. The Kier molecular flexibility index (Phi) is 5.69. The Hall–Kier alpha value is -3.13. The highest BCUT2D eigenvalue weighted by atomic mass is 35.5. The first-order valence-electron chi connectivity index (χ1n) is 6.67. The number of halogens is 1. The van der Waals surface area contributed by atoms with Crippen molar-refractivity contribution in [2.24, 2.45) is 10.3 Å². The molecule has 8 nitrogen and oxygen atoms in total. The first-order valence-corrected chi connectivity index (χ1v) is 7.05. The van der Waals surface area contributed by atoms with Crippen LogP contribution in [0.4, 0.5) is 5.69 Å². The van der Waals surface area contributed by atoms with E-state index in [0.29, 0.717) is 10.6 Å². The molecule has 0 spiro atoms. The largest absolute Gasteiger partial charge is 0.271 e. The van der Waals surface area contributed by atoms with E-state index < -0.39 is 10.8 Å². The van der Waals surface area contributed by atoms with Crippen LogP contribution in [0.2, 0.25) is 5.02 Å². The maximum Gasteiger partial charge on any atom is 0.271 e. The molecule has 0 aliphatic rings. The molecule has 0 atom stereocenters. The minimum absolute atomic E-state index is 0.101. The van der Waals surface area contributed by atoms with E-state index in [-0.39, 0.29) is 23.5 Å². The van der Waals surface area contributed by atoms with Gasteiger partial charge in [-0.05, 0) is 18.2 Å². The molecule has 1 N–H and O–H groups in total. The lowest BCUT2D eigenvalue weighted by molar-refractivity contribution is -0.384. The normalized spacial score (nSPS) is 11.0. The van der Waals surface area contributed by atoms with Gasteiger partial charge in [-0.25, -0.2) is 5.43 Å². The molecule has 0 saturated heterocycles. The minimum atomic E-state index is -0.569. The number of carbonyl (C=O) groups is 1. The smallest absolute Gasteiger partial charge is 0.267 e. The lowest BCUT2D eigenvalue weighted by Crippen LogP contribution is -2.21. The third-order valence-corrected chi connectivity index (χ3v) is 3.22. The number of nitro groups is 1. The standard InChI is InChI=1S/C15H11ClN4O4/c16-12-5-1-4-11(7-12)15(21)19-18-14(9-17-22)10-3-2-6-13(8-10)20(23)24/h1-8H,9H2,(H,19,21). The predicted octanol–water partition coefficient (Wildman–Crippen LogP) is 3.15. The van der Waals surface area contributed by atoms with E-state index in [9.17, 15) is 19.8 Å². The first kappa shape index (κ1) is 17.2. The second kappa shape index (κ2) is 7.93. The molecule has 9 heteroatoms.